The number of nitrogens with zero attached hydrogens (tertiary/aromatic N) is 2. The Morgan fingerprint density at radius 3 is 3.06 bits per heavy atom. The average Bonchev–Trinajstić information content (AvgIpc) is 2.76. The SMILES string of the molecule is COC(=O)[C@@H](C)Sc1nc2[nH]ncc2c(=O)[nH]1. The van der Waals surface area contributed by atoms with Gasteiger partial charge < -0.3 is 9.72 Å². The quantitative estimate of drug-likeness (QED) is 0.464. The van der Waals surface area contributed by atoms with E-state index in [1.54, 1.807) is 6.92 Å². The van der Waals surface area contributed by atoms with Crippen molar-refractivity contribution in [1.29, 1.82) is 0 Å². The summed E-state index contributed by atoms with van der Waals surface area (Å²) in [5.74, 6) is -0.373. The summed E-state index contributed by atoms with van der Waals surface area (Å²) in [7, 11) is 1.31. The maximum atomic E-state index is 11.6. The molecule has 0 aliphatic carbocycles. The number of ether oxygens (including phenoxy) is 1. The zero-order chi connectivity index (χ0) is 12.4. The number of aromatic nitrogens is 4. The number of fused-ring (bicyclic) bond motifs is 1. The number of aromatic amines is 2. The molecular formula is C9H10N4O3S. The van der Waals surface area contributed by atoms with Crippen molar-refractivity contribution in [3.05, 3.63) is 16.6 Å². The molecule has 0 aliphatic heterocycles. The van der Waals surface area contributed by atoms with Crippen LogP contribution >= 0.6 is 11.8 Å². The second-order valence-electron chi connectivity index (χ2n) is 3.29. The molecule has 7 nitrogen and oxygen atoms in total. The zero-order valence-electron chi connectivity index (χ0n) is 9.18. The molecule has 17 heavy (non-hydrogen) atoms. The van der Waals surface area contributed by atoms with Crippen LogP contribution in [0.15, 0.2) is 16.1 Å². The Morgan fingerprint density at radius 2 is 2.35 bits per heavy atom. The van der Waals surface area contributed by atoms with Crippen LogP contribution in [0.3, 0.4) is 0 Å². The van der Waals surface area contributed by atoms with Gasteiger partial charge >= 0.3 is 5.97 Å². The first-order valence-electron chi connectivity index (χ1n) is 4.79. The second kappa shape index (κ2) is 4.58. The van der Waals surface area contributed by atoms with Gasteiger partial charge in [0.1, 0.15) is 10.6 Å². The molecule has 2 rings (SSSR count). The molecule has 0 fully saturated rings. The van der Waals surface area contributed by atoms with Crippen molar-refractivity contribution in [2.24, 2.45) is 0 Å². The minimum absolute atomic E-state index is 0.289. The van der Waals surface area contributed by atoms with Gasteiger partial charge in [0.25, 0.3) is 5.56 Å². The predicted octanol–water partition coefficient (Wildman–Crippen LogP) is 0.300. The summed E-state index contributed by atoms with van der Waals surface area (Å²) in [6, 6.07) is 0. The summed E-state index contributed by atoms with van der Waals surface area (Å²) in [5.41, 5.74) is 0.108. The van der Waals surface area contributed by atoms with E-state index in [2.05, 4.69) is 24.9 Å². The Bertz CT molecular complexity index is 606. The van der Waals surface area contributed by atoms with Crippen molar-refractivity contribution in [3.8, 4) is 0 Å². The van der Waals surface area contributed by atoms with Crippen LogP contribution in [-0.2, 0) is 9.53 Å². The van der Waals surface area contributed by atoms with Gasteiger partial charge in [0.05, 0.1) is 13.3 Å². The first-order chi connectivity index (χ1) is 8.11. The lowest BCUT2D eigenvalue weighted by atomic mass is 10.4. The lowest BCUT2D eigenvalue weighted by Gasteiger charge is -2.07. The van der Waals surface area contributed by atoms with Crippen molar-refractivity contribution >= 4 is 28.8 Å². The third-order valence-electron chi connectivity index (χ3n) is 2.12. The Hall–Kier alpha value is -1.83. The van der Waals surface area contributed by atoms with Crippen LogP contribution in [0, 0.1) is 0 Å². The van der Waals surface area contributed by atoms with Crippen molar-refractivity contribution in [2.45, 2.75) is 17.3 Å². The van der Waals surface area contributed by atoms with Crippen LogP contribution in [0.4, 0.5) is 0 Å². The highest BCUT2D eigenvalue weighted by Gasteiger charge is 2.16. The molecule has 0 amide bonds. The van der Waals surface area contributed by atoms with E-state index in [0.717, 1.165) is 11.8 Å². The third kappa shape index (κ3) is 2.31. The van der Waals surface area contributed by atoms with E-state index in [1.165, 1.54) is 13.3 Å². The van der Waals surface area contributed by atoms with Gasteiger partial charge in [0.15, 0.2) is 10.8 Å². The molecular weight excluding hydrogens is 244 g/mol. The van der Waals surface area contributed by atoms with E-state index in [1.807, 2.05) is 0 Å². The summed E-state index contributed by atoms with van der Waals surface area (Å²) in [6.07, 6.45) is 1.40. The fourth-order valence-corrected chi connectivity index (χ4v) is 2.08. The van der Waals surface area contributed by atoms with E-state index in [-0.39, 0.29) is 11.5 Å². The van der Waals surface area contributed by atoms with E-state index < -0.39 is 5.25 Å². The molecule has 0 spiro atoms. The number of methoxy groups -OCH3 is 1. The number of H-pyrrole nitrogens is 2. The number of nitrogens with one attached hydrogen (secondary N) is 2. The molecule has 0 saturated carbocycles. The number of esters is 1. The van der Waals surface area contributed by atoms with E-state index in [4.69, 9.17) is 0 Å². The Balaban J connectivity index is 2.30. The largest absolute Gasteiger partial charge is 0.468 e. The molecule has 0 unspecified atom stereocenters. The zero-order valence-corrected chi connectivity index (χ0v) is 10.00. The first kappa shape index (κ1) is 11.6. The molecule has 2 N–H and O–H groups in total. The van der Waals surface area contributed by atoms with Crippen LogP contribution in [0.2, 0.25) is 0 Å². The highest BCUT2D eigenvalue weighted by molar-refractivity contribution is 8.00. The van der Waals surface area contributed by atoms with Gasteiger partial charge in [-0.05, 0) is 6.92 Å². The fourth-order valence-electron chi connectivity index (χ4n) is 1.26. The van der Waals surface area contributed by atoms with Gasteiger partial charge in [-0.1, -0.05) is 11.8 Å². The molecule has 2 heterocycles. The van der Waals surface area contributed by atoms with E-state index in [0.29, 0.717) is 16.2 Å². The number of rotatable bonds is 3. The molecule has 8 heteroatoms. The minimum atomic E-state index is -0.441. The minimum Gasteiger partial charge on any atom is -0.468 e. The maximum absolute atomic E-state index is 11.6. The number of hydrogen-bond donors (Lipinski definition) is 2. The summed E-state index contributed by atoms with van der Waals surface area (Å²) in [6.45, 7) is 1.67. The molecule has 2 aromatic rings. The van der Waals surface area contributed by atoms with Crippen LogP contribution < -0.4 is 5.56 Å². The number of carbonyl (C=O) groups is 1. The number of thioether (sulfide) groups is 1. The van der Waals surface area contributed by atoms with Gasteiger partial charge in [-0.3, -0.25) is 14.7 Å². The Morgan fingerprint density at radius 1 is 1.59 bits per heavy atom. The molecule has 0 bridgehead atoms. The lowest BCUT2D eigenvalue weighted by Crippen LogP contribution is -2.16. The van der Waals surface area contributed by atoms with Crippen molar-refractivity contribution in [2.75, 3.05) is 7.11 Å². The highest BCUT2D eigenvalue weighted by Crippen LogP contribution is 2.19. The standard InChI is InChI=1S/C9H10N4O3S/c1-4(8(15)16-2)17-9-11-6-5(3-10-13-6)7(14)12-9/h3-4H,1-2H3,(H2,10,11,12,13,14)/t4-/m1/s1. The third-order valence-corrected chi connectivity index (χ3v) is 3.08. The van der Waals surface area contributed by atoms with Crippen LogP contribution in [-0.4, -0.2) is 38.5 Å². The molecule has 0 aromatic carbocycles. The van der Waals surface area contributed by atoms with Gasteiger partial charge in [-0.25, -0.2) is 4.98 Å². The van der Waals surface area contributed by atoms with Crippen molar-refractivity contribution in [3.63, 3.8) is 0 Å². The monoisotopic (exact) mass is 254 g/mol. The smallest absolute Gasteiger partial charge is 0.318 e. The molecule has 1 atom stereocenters. The summed E-state index contributed by atoms with van der Waals surface area (Å²) < 4.78 is 4.59. The van der Waals surface area contributed by atoms with Crippen LogP contribution in [0.5, 0.6) is 0 Å². The normalized spacial score (nSPS) is 12.6. The molecule has 0 radical (unpaired) electrons. The highest BCUT2D eigenvalue weighted by atomic mass is 32.2. The van der Waals surface area contributed by atoms with Gasteiger partial charge in [0, 0.05) is 0 Å². The van der Waals surface area contributed by atoms with Crippen LogP contribution in [0.1, 0.15) is 6.92 Å². The van der Waals surface area contributed by atoms with Crippen molar-refractivity contribution < 1.29 is 9.53 Å². The Kier molecular flexibility index (Phi) is 3.14. The van der Waals surface area contributed by atoms with Crippen molar-refractivity contribution in [1.82, 2.24) is 20.2 Å². The summed E-state index contributed by atoms with van der Waals surface area (Å²) in [5, 5.41) is 6.63. The lowest BCUT2D eigenvalue weighted by molar-refractivity contribution is -0.139. The predicted molar refractivity (Wildman–Crippen MR) is 61.8 cm³/mol. The fraction of sp³-hybridized carbons (Fsp3) is 0.333. The maximum Gasteiger partial charge on any atom is 0.318 e. The number of carbonyl (C=O) groups excluding carboxylic acids is 1. The Labute approximate surface area is 100.0 Å². The van der Waals surface area contributed by atoms with Gasteiger partial charge in [0.2, 0.25) is 0 Å². The number of hydrogen-bond acceptors (Lipinski definition) is 6. The van der Waals surface area contributed by atoms with Gasteiger partial charge in [-0.15, -0.1) is 0 Å². The second-order valence-corrected chi connectivity index (χ2v) is 4.62. The van der Waals surface area contributed by atoms with Crippen LogP contribution in [0.25, 0.3) is 11.0 Å². The van der Waals surface area contributed by atoms with Gasteiger partial charge in [-0.2, -0.15) is 5.10 Å². The molecule has 2 aromatic heterocycles. The molecule has 0 saturated heterocycles. The average molecular weight is 254 g/mol. The van der Waals surface area contributed by atoms with E-state index in [9.17, 15) is 9.59 Å². The topological polar surface area (TPSA) is 101 Å². The first-order valence-corrected chi connectivity index (χ1v) is 5.67. The summed E-state index contributed by atoms with van der Waals surface area (Å²) in [4.78, 5) is 29.5. The molecule has 90 valence electrons. The van der Waals surface area contributed by atoms with E-state index >= 15 is 0 Å². The molecule has 0 aliphatic rings. The summed E-state index contributed by atoms with van der Waals surface area (Å²) >= 11 is 1.12.